The van der Waals surface area contributed by atoms with Crippen LogP contribution < -0.4 is 15.8 Å². The maximum absolute atomic E-state index is 13.3. The summed E-state index contributed by atoms with van der Waals surface area (Å²) >= 11 is 5.78. The summed E-state index contributed by atoms with van der Waals surface area (Å²) in [6.07, 6.45) is 0. The molecular weight excluding hydrogens is 302 g/mol. The van der Waals surface area contributed by atoms with Crippen LogP contribution in [0.2, 0.25) is 5.02 Å². The maximum atomic E-state index is 13.3. The number of anilines is 2. The van der Waals surface area contributed by atoms with Crippen molar-refractivity contribution in [3.63, 3.8) is 0 Å². The van der Waals surface area contributed by atoms with Crippen LogP contribution in [0.4, 0.5) is 20.2 Å². The zero-order valence-electron chi connectivity index (χ0n) is 10.7. The van der Waals surface area contributed by atoms with Crippen LogP contribution in [0.3, 0.4) is 0 Å². The molecule has 0 saturated heterocycles. The Morgan fingerprint density at radius 3 is 2.76 bits per heavy atom. The van der Waals surface area contributed by atoms with Crippen molar-refractivity contribution in [1.29, 1.82) is 0 Å². The van der Waals surface area contributed by atoms with Crippen LogP contribution in [-0.4, -0.2) is 12.5 Å². The van der Waals surface area contributed by atoms with Gasteiger partial charge >= 0.3 is 0 Å². The van der Waals surface area contributed by atoms with E-state index in [-0.39, 0.29) is 5.75 Å². The van der Waals surface area contributed by atoms with Gasteiger partial charge < -0.3 is 15.8 Å². The Morgan fingerprint density at radius 2 is 2.00 bits per heavy atom. The molecule has 0 bridgehead atoms. The molecule has 7 heteroatoms. The standard InChI is InChI=1S/C14H11ClF2N2O2/c15-8-1-4-11(18)12(5-8)19-14(20)7-21-13-6-9(16)2-3-10(13)17/h1-6H,7,18H2,(H,19,20). The topological polar surface area (TPSA) is 64.3 Å². The lowest BCUT2D eigenvalue weighted by Crippen LogP contribution is -2.21. The fraction of sp³-hybridized carbons (Fsp3) is 0.0714. The van der Waals surface area contributed by atoms with Crippen LogP contribution in [0, 0.1) is 11.6 Å². The van der Waals surface area contributed by atoms with E-state index in [1.807, 2.05) is 0 Å². The van der Waals surface area contributed by atoms with Gasteiger partial charge in [-0.1, -0.05) is 11.6 Å². The first-order chi connectivity index (χ1) is 9.95. The van der Waals surface area contributed by atoms with Crippen LogP contribution in [0.1, 0.15) is 0 Å². The van der Waals surface area contributed by atoms with Crippen molar-refractivity contribution in [2.45, 2.75) is 0 Å². The molecule has 0 saturated carbocycles. The summed E-state index contributed by atoms with van der Waals surface area (Å²) in [5, 5.41) is 2.87. The second-order valence-corrected chi connectivity index (χ2v) is 4.58. The molecule has 2 aromatic carbocycles. The van der Waals surface area contributed by atoms with E-state index in [1.54, 1.807) is 6.07 Å². The lowest BCUT2D eigenvalue weighted by molar-refractivity contribution is -0.118. The average Bonchev–Trinajstić information content (AvgIpc) is 2.44. The molecule has 4 nitrogen and oxygen atoms in total. The zero-order valence-corrected chi connectivity index (χ0v) is 11.5. The monoisotopic (exact) mass is 312 g/mol. The molecular formula is C14H11ClF2N2O2. The summed E-state index contributed by atoms with van der Waals surface area (Å²) in [6, 6.07) is 7.30. The van der Waals surface area contributed by atoms with Gasteiger partial charge in [0.15, 0.2) is 18.2 Å². The van der Waals surface area contributed by atoms with Crippen molar-refractivity contribution in [1.82, 2.24) is 0 Å². The number of nitrogens with two attached hydrogens (primary N) is 1. The van der Waals surface area contributed by atoms with Gasteiger partial charge in [0.05, 0.1) is 11.4 Å². The largest absolute Gasteiger partial charge is 0.481 e. The van der Waals surface area contributed by atoms with Gasteiger partial charge in [-0.05, 0) is 30.3 Å². The summed E-state index contributed by atoms with van der Waals surface area (Å²) in [5.41, 5.74) is 6.30. The maximum Gasteiger partial charge on any atom is 0.262 e. The molecule has 0 unspecified atom stereocenters. The quantitative estimate of drug-likeness (QED) is 0.852. The minimum absolute atomic E-state index is 0.316. The molecule has 0 aromatic heterocycles. The van der Waals surface area contributed by atoms with Gasteiger partial charge in [-0.15, -0.1) is 0 Å². The normalized spacial score (nSPS) is 10.2. The number of carbonyl (C=O) groups is 1. The van der Waals surface area contributed by atoms with Gasteiger partial charge in [-0.3, -0.25) is 4.79 Å². The molecule has 0 radical (unpaired) electrons. The van der Waals surface area contributed by atoms with Gasteiger partial charge in [0.1, 0.15) is 5.82 Å². The molecule has 0 fully saturated rings. The van der Waals surface area contributed by atoms with E-state index in [0.717, 1.165) is 18.2 Å². The third-order valence-electron chi connectivity index (χ3n) is 2.54. The van der Waals surface area contributed by atoms with Gasteiger partial charge in [0.25, 0.3) is 5.91 Å². The van der Waals surface area contributed by atoms with Gasteiger partial charge in [0, 0.05) is 11.1 Å². The van der Waals surface area contributed by atoms with E-state index < -0.39 is 24.1 Å². The Labute approximate surface area is 124 Å². The van der Waals surface area contributed by atoms with Crippen LogP contribution in [0.5, 0.6) is 5.75 Å². The minimum Gasteiger partial charge on any atom is -0.481 e. The second-order valence-electron chi connectivity index (χ2n) is 4.14. The van der Waals surface area contributed by atoms with Crippen molar-refractivity contribution in [3.8, 4) is 5.75 Å². The van der Waals surface area contributed by atoms with Crippen molar-refractivity contribution < 1.29 is 18.3 Å². The second kappa shape index (κ2) is 6.41. The predicted molar refractivity (Wildman–Crippen MR) is 76.3 cm³/mol. The first-order valence-electron chi connectivity index (χ1n) is 5.88. The van der Waals surface area contributed by atoms with Gasteiger partial charge in [0.2, 0.25) is 0 Å². The molecule has 2 rings (SSSR count). The molecule has 1 amide bonds. The number of amides is 1. The molecule has 0 heterocycles. The number of nitrogen functional groups attached to an aromatic ring is 1. The Bertz CT molecular complexity index is 680. The highest BCUT2D eigenvalue weighted by atomic mass is 35.5. The summed E-state index contributed by atoms with van der Waals surface area (Å²) in [4.78, 5) is 11.7. The number of rotatable bonds is 4. The fourth-order valence-electron chi connectivity index (χ4n) is 1.55. The number of hydrogen-bond acceptors (Lipinski definition) is 3. The first kappa shape index (κ1) is 15.1. The van der Waals surface area contributed by atoms with E-state index in [1.165, 1.54) is 12.1 Å². The molecule has 110 valence electrons. The molecule has 0 aliphatic heterocycles. The predicted octanol–water partition coefficient (Wildman–Crippen LogP) is 3.22. The number of carbonyl (C=O) groups excluding carboxylic acids is 1. The van der Waals surface area contributed by atoms with Crippen molar-refractivity contribution in [2.24, 2.45) is 0 Å². The Morgan fingerprint density at radius 1 is 1.24 bits per heavy atom. The third kappa shape index (κ3) is 4.06. The third-order valence-corrected chi connectivity index (χ3v) is 2.78. The van der Waals surface area contributed by atoms with Crippen LogP contribution in [-0.2, 0) is 4.79 Å². The van der Waals surface area contributed by atoms with Crippen LogP contribution >= 0.6 is 11.6 Å². The zero-order chi connectivity index (χ0) is 15.4. The molecule has 3 N–H and O–H groups in total. The van der Waals surface area contributed by atoms with E-state index >= 15 is 0 Å². The van der Waals surface area contributed by atoms with Crippen molar-refractivity contribution in [3.05, 3.63) is 53.1 Å². The number of halogens is 3. The van der Waals surface area contributed by atoms with Gasteiger partial charge in [-0.25, -0.2) is 8.78 Å². The molecule has 0 atom stereocenters. The Kier molecular flexibility index (Phi) is 4.59. The molecule has 0 aliphatic carbocycles. The summed E-state index contributed by atoms with van der Waals surface area (Å²) in [7, 11) is 0. The van der Waals surface area contributed by atoms with Gasteiger partial charge in [-0.2, -0.15) is 0 Å². The Balaban J connectivity index is 1.99. The molecule has 0 spiro atoms. The first-order valence-corrected chi connectivity index (χ1v) is 6.26. The Hall–Kier alpha value is -2.34. The highest BCUT2D eigenvalue weighted by Gasteiger charge is 2.10. The number of ether oxygens (including phenoxy) is 1. The lowest BCUT2D eigenvalue weighted by Gasteiger charge is -2.10. The van der Waals surface area contributed by atoms with E-state index in [2.05, 4.69) is 5.32 Å². The lowest BCUT2D eigenvalue weighted by atomic mass is 10.2. The SMILES string of the molecule is Nc1ccc(Cl)cc1NC(=O)COc1cc(F)ccc1F. The van der Waals surface area contributed by atoms with E-state index in [9.17, 15) is 13.6 Å². The minimum atomic E-state index is -0.758. The van der Waals surface area contributed by atoms with Crippen LogP contribution in [0.25, 0.3) is 0 Å². The number of nitrogens with one attached hydrogen (secondary N) is 1. The van der Waals surface area contributed by atoms with Crippen molar-refractivity contribution in [2.75, 3.05) is 17.7 Å². The summed E-state index contributed by atoms with van der Waals surface area (Å²) in [6.45, 7) is -0.494. The van der Waals surface area contributed by atoms with Crippen molar-refractivity contribution >= 4 is 28.9 Å². The smallest absolute Gasteiger partial charge is 0.262 e. The highest BCUT2D eigenvalue weighted by molar-refractivity contribution is 6.31. The fourth-order valence-corrected chi connectivity index (χ4v) is 1.73. The molecule has 2 aromatic rings. The van der Waals surface area contributed by atoms with Crippen LogP contribution in [0.15, 0.2) is 36.4 Å². The average molecular weight is 313 g/mol. The molecule has 21 heavy (non-hydrogen) atoms. The number of hydrogen-bond donors (Lipinski definition) is 2. The number of benzene rings is 2. The highest BCUT2D eigenvalue weighted by Crippen LogP contribution is 2.23. The van der Waals surface area contributed by atoms with E-state index in [4.69, 9.17) is 22.1 Å². The molecule has 0 aliphatic rings. The summed E-state index contributed by atoms with van der Waals surface area (Å²) in [5.74, 6) is -2.34. The summed E-state index contributed by atoms with van der Waals surface area (Å²) < 4.78 is 31.2. The van der Waals surface area contributed by atoms with E-state index in [0.29, 0.717) is 16.4 Å².